The van der Waals surface area contributed by atoms with Gasteiger partial charge in [0.1, 0.15) is 0 Å². The molecule has 0 saturated carbocycles. The second-order valence-electron chi connectivity index (χ2n) is 5.92. The van der Waals surface area contributed by atoms with Crippen LogP contribution in [-0.2, 0) is 10.0 Å². The van der Waals surface area contributed by atoms with Gasteiger partial charge in [-0.25, -0.2) is 13.1 Å². The van der Waals surface area contributed by atoms with Gasteiger partial charge in [0.05, 0.1) is 4.90 Å². The molecular formula is C15H26N2O2S. The van der Waals surface area contributed by atoms with Crippen LogP contribution in [0.1, 0.15) is 45.7 Å². The molecule has 0 aliphatic rings. The van der Waals surface area contributed by atoms with Gasteiger partial charge in [0.2, 0.25) is 10.0 Å². The Morgan fingerprint density at radius 3 is 2.20 bits per heavy atom. The van der Waals surface area contributed by atoms with Crippen LogP contribution in [0.3, 0.4) is 0 Å². The van der Waals surface area contributed by atoms with Gasteiger partial charge in [-0.05, 0) is 43.5 Å². The summed E-state index contributed by atoms with van der Waals surface area (Å²) in [5.41, 5.74) is 1.04. The van der Waals surface area contributed by atoms with Crippen LogP contribution >= 0.6 is 0 Å². The first kappa shape index (κ1) is 17.1. The number of benzene rings is 1. The lowest BCUT2D eigenvalue weighted by Gasteiger charge is -2.22. The van der Waals surface area contributed by atoms with E-state index in [1.807, 2.05) is 40.0 Å². The summed E-state index contributed by atoms with van der Waals surface area (Å²) in [6, 6.07) is 7.22. The Morgan fingerprint density at radius 2 is 1.75 bits per heavy atom. The molecule has 0 aliphatic heterocycles. The first-order valence-electron chi connectivity index (χ1n) is 6.99. The largest absolute Gasteiger partial charge is 0.313 e. The molecule has 4 nitrogen and oxygen atoms in total. The first-order valence-corrected chi connectivity index (χ1v) is 8.47. The summed E-state index contributed by atoms with van der Waals surface area (Å²) in [6.45, 7) is 8.63. The van der Waals surface area contributed by atoms with Gasteiger partial charge in [-0.2, -0.15) is 0 Å². The van der Waals surface area contributed by atoms with Crippen LogP contribution in [0.15, 0.2) is 29.2 Å². The summed E-state index contributed by atoms with van der Waals surface area (Å²) in [7, 11) is -1.54. The number of sulfonamides is 1. The molecule has 0 saturated heterocycles. The fourth-order valence-electron chi connectivity index (χ4n) is 1.60. The minimum absolute atomic E-state index is 0.0341. The summed E-state index contributed by atoms with van der Waals surface area (Å²) in [6.07, 6.45) is 0.925. The summed E-state index contributed by atoms with van der Waals surface area (Å²) < 4.78 is 27.1. The van der Waals surface area contributed by atoms with Crippen LogP contribution in [0.5, 0.6) is 0 Å². The molecule has 0 spiro atoms. The third-order valence-corrected chi connectivity index (χ3v) is 5.24. The second kappa shape index (κ2) is 6.70. The van der Waals surface area contributed by atoms with E-state index in [0.717, 1.165) is 12.0 Å². The van der Waals surface area contributed by atoms with E-state index in [9.17, 15) is 8.42 Å². The van der Waals surface area contributed by atoms with Crippen molar-refractivity contribution in [3.05, 3.63) is 29.8 Å². The predicted octanol–water partition coefficient (Wildman–Crippen LogP) is 2.68. The van der Waals surface area contributed by atoms with Crippen molar-refractivity contribution in [2.45, 2.75) is 45.1 Å². The Morgan fingerprint density at radius 1 is 1.20 bits per heavy atom. The molecule has 20 heavy (non-hydrogen) atoms. The van der Waals surface area contributed by atoms with E-state index in [1.54, 1.807) is 12.1 Å². The van der Waals surface area contributed by atoms with E-state index in [2.05, 4.69) is 17.0 Å². The fraction of sp³-hybridized carbons (Fsp3) is 0.600. The van der Waals surface area contributed by atoms with E-state index in [0.29, 0.717) is 11.4 Å². The molecule has 1 aromatic carbocycles. The smallest absolute Gasteiger partial charge is 0.240 e. The van der Waals surface area contributed by atoms with Crippen molar-refractivity contribution in [1.29, 1.82) is 0 Å². The minimum Gasteiger partial charge on any atom is -0.313 e. The molecule has 114 valence electrons. The molecule has 0 aliphatic carbocycles. The van der Waals surface area contributed by atoms with Crippen molar-refractivity contribution in [1.82, 2.24) is 10.0 Å². The zero-order valence-corrected chi connectivity index (χ0v) is 13.8. The molecule has 0 amide bonds. The fourth-order valence-corrected chi connectivity index (χ4v) is 2.84. The van der Waals surface area contributed by atoms with Crippen molar-refractivity contribution in [3.8, 4) is 0 Å². The molecular weight excluding hydrogens is 272 g/mol. The molecule has 0 aromatic heterocycles. The lowest BCUT2D eigenvalue weighted by molar-refractivity contribution is 0.350. The summed E-state index contributed by atoms with van der Waals surface area (Å²) in [4.78, 5) is 0.316. The molecule has 1 unspecified atom stereocenters. The van der Waals surface area contributed by atoms with Gasteiger partial charge in [-0.1, -0.05) is 32.9 Å². The maximum atomic E-state index is 12.2. The zero-order valence-electron chi connectivity index (χ0n) is 13.0. The Hall–Kier alpha value is -0.910. The van der Waals surface area contributed by atoms with Crippen molar-refractivity contribution in [3.63, 3.8) is 0 Å². The van der Waals surface area contributed by atoms with Gasteiger partial charge in [0.15, 0.2) is 0 Å². The first-order chi connectivity index (χ1) is 9.22. The summed E-state index contributed by atoms with van der Waals surface area (Å²) in [5, 5.41) is 3.13. The monoisotopic (exact) mass is 298 g/mol. The quantitative estimate of drug-likeness (QED) is 0.813. The summed E-state index contributed by atoms with van der Waals surface area (Å²) in [5.74, 6) is 0. The molecule has 0 heterocycles. The molecule has 1 atom stereocenters. The predicted molar refractivity (Wildman–Crippen MR) is 83.2 cm³/mol. The van der Waals surface area contributed by atoms with Gasteiger partial charge >= 0.3 is 0 Å². The molecule has 2 N–H and O–H groups in total. The molecule has 0 bridgehead atoms. The minimum atomic E-state index is -3.42. The van der Waals surface area contributed by atoms with Gasteiger partial charge in [0.25, 0.3) is 0 Å². The maximum Gasteiger partial charge on any atom is 0.240 e. The standard InChI is InChI=1S/C15H26N2O2S/c1-6-15(3,4)11-17-20(18,19)14-9-7-13(8-10-14)12(2)16-5/h7-10,12,16-17H,6,11H2,1-5H3. The van der Waals surface area contributed by atoms with Crippen molar-refractivity contribution in [2.75, 3.05) is 13.6 Å². The highest BCUT2D eigenvalue weighted by Gasteiger charge is 2.20. The van der Waals surface area contributed by atoms with Gasteiger partial charge < -0.3 is 5.32 Å². The third kappa shape index (κ3) is 4.58. The average Bonchev–Trinajstić information content (AvgIpc) is 2.45. The van der Waals surface area contributed by atoms with E-state index in [-0.39, 0.29) is 11.5 Å². The number of hydrogen-bond donors (Lipinski definition) is 2. The summed E-state index contributed by atoms with van der Waals surface area (Å²) >= 11 is 0. The third-order valence-electron chi connectivity index (χ3n) is 3.82. The molecule has 5 heteroatoms. The molecule has 1 rings (SSSR count). The van der Waals surface area contributed by atoms with Gasteiger partial charge in [-0.15, -0.1) is 0 Å². The van der Waals surface area contributed by atoms with Crippen molar-refractivity contribution < 1.29 is 8.42 Å². The SMILES string of the molecule is CCC(C)(C)CNS(=O)(=O)c1ccc(C(C)NC)cc1. The number of nitrogens with one attached hydrogen (secondary N) is 2. The van der Waals surface area contributed by atoms with Gasteiger partial charge in [0, 0.05) is 12.6 Å². The van der Waals surface area contributed by atoms with Crippen molar-refractivity contribution >= 4 is 10.0 Å². The van der Waals surface area contributed by atoms with Crippen LogP contribution in [0, 0.1) is 5.41 Å². The Labute approximate surface area is 123 Å². The highest BCUT2D eigenvalue weighted by atomic mass is 32.2. The van der Waals surface area contributed by atoms with Crippen molar-refractivity contribution in [2.24, 2.45) is 5.41 Å². The topological polar surface area (TPSA) is 58.2 Å². The number of hydrogen-bond acceptors (Lipinski definition) is 3. The lowest BCUT2D eigenvalue weighted by Crippen LogP contribution is -2.33. The Bertz CT molecular complexity index is 521. The van der Waals surface area contributed by atoms with E-state index in [4.69, 9.17) is 0 Å². The van der Waals surface area contributed by atoms with Crippen LogP contribution < -0.4 is 10.0 Å². The highest BCUT2D eigenvalue weighted by Crippen LogP contribution is 2.20. The maximum absolute atomic E-state index is 12.2. The second-order valence-corrected chi connectivity index (χ2v) is 7.69. The highest BCUT2D eigenvalue weighted by molar-refractivity contribution is 7.89. The van der Waals surface area contributed by atoms with Crippen LogP contribution in [0.4, 0.5) is 0 Å². The van der Waals surface area contributed by atoms with E-state index >= 15 is 0 Å². The normalized spacial score (nSPS) is 14.2. The van der Waals surface area contributed by atoms with E-state index < -0.39 is 10.0 Å². The van der Waals surface area contributed by atoms with E-state index in [1.165, 1.54) is 0 Å². The van der Waals surface area contributed by atoms with Crippen LogP contribution in [0.2, 0.25) is 0 Å². The Balaban J connectivity index is 2.83. The average molecular weight is 298 g/mol. The molecule has 0 fully saturated rings. The number of rotatable bonds is 7. The van der Waals surface area contributed by atoms with Crippen LogP contribution in [-0.4, -0.2) is 22.0 Å². The lowest BCUT2D eigenvalue weighted by atomic mass is 9.91. The zero-order chi connectivity index (χ0) is 15.4. The molecule has 0 radical (unpaired) electrons. The Kier molecular flexibility index (Phi) is 5.74. The molecule has 1 aromatic rings. The van der Waals surface area contributed by atoms with Crippen LogP contribution in [0.25, 0.3) is 0 Å². The van der Waals surface area contributed by atoms with Gasteiger partial charge in [-0.3, -0.25) is 0 Å².